The Morgan fingerprint density at radius 1 is 1.06 bits per heavy atom. The maximum Gasteiger partial charge on any atom is 0.417 e. The minimum atomic E-state index is -4.65. The van der Waals surface area contributed by atoms with E-state index in [-0.39, 0.29) is 12.2 Å². The van der Waals surface area contributed by atoms with Crippen LogP contribution in [-0.2, 0) is 17.5 Å². The number of hydrogen-bond donors (Lipinski definition) is 0. The summed E-state index contributed by atoms with van der Waals surface area (Å²) in [4.78, 5) is 30.0. The van der Waals surface area contributed by atoms with Gasteiger partial charge in [0.05, 0.1) is 29.8 Å². The third kappa shape index (κ3) is 5.52. The average Bonchev–Trinajstić information content (AvgIpc) is 2.77. The first kappa shape index (κ1) is 23.9. The fourth-order valence-electron chi connectivity index (χ4n) is 3.38. The number of methoxy groups -OCH3 is 1. The van der Waals surface area contributed by atoms with Crippen LogP contribution < -0.4 is 4.90 Å². The molecule has 2 aromatic carbocycles. The van der Waals surface area contributed by atoms with Gasteiger partial charge in [-0.2, -0.15) is 13.2 Å². The summed E-state index contributed by atoms with van der Waals surface area (Å²) in [6, 6.07) is 9.39. The van der Waals surface area contributed by atoms with E-state index in [1.807, 2.05) is 7.05 Å². The molecule has 2 amide bonds. The zero-order chi connectivity index (χ0) is 23.5. The van der Waals surface area contributed by atoms with Crippen LogP contribution in [0, 0.1) is 0 Å². The van der Waals surface area contributed by atoms with E-state index in [2.05, 4.69) is 9.64 Å². The monoisotopic (exact) mass is 469 g/mol. The first-order valence-corrected chi connectivity index (χ1v) is 10.3. The average molecular weight is 470 g/mol. The molecule has 0 spiro atoms. The Labute approximate surface area is 189 Å². The minimum absolute atomic E-state index is 0.0194. The molecule has 1 saturated heterocycles. The predicted molar refractivity (Wildman–Crippen MR) is 115 cm³/mol. The molecule has 0 radical (unpaired) electrons. The summed E-state index contributed by atoms with van der Waals surface area (Å²) in [6.45, 7) is 2.29. The summed E-state index contributed by atoms with van der Waals surface area (Å²) in [5.74, 6) is -0.505. The highest BCUT2D eigenvalue weighted by Gasteiger charge is 2.35. The van der Waals surface area contributed by atoms with E-state index in [4.69, 9.17) is 11.6 Å². The normalized spacial score (nSPS) is 14.9. The van der Waals surface area contributed by atoms with Gasteiger partial charge in [0.25, 0.3) is 0 Å². The summed E-state index contributed by atoms with van der Waals surface area (Å²) in [5, 5.41) is -0.435. The number of carbonyl (C=O) groups excluding carboxylic acids is 2. The third-order valence-electron chi connectivity index (χ3n) is 5.29. The van der Waals surface area contributed by atoms with Crippen LogP contribution in [0.4, 0.5) is 23.7 Å². The topological polar surface area (TPSA) is 53.1 Å². The number of halogens is 4. The number of carbonyl (C=O) groups is 2. The van der Waals surface area contributed by atoms with Gasteiger partial charge in [0.15, 0.2) is 0 Å². The van der Waals surface area contributed by atoms with Crippen molar-refractivity contribution in [1.82, 2.24) is 9.80 Å². The Morgan fingerprint density at radius 3 is 2.25 bits per heavy atom. The van der Waals surface area contributed by atoms with E-state index in [9.17, 15) is 22.8 Å². The lowest BCUT2D eigenvalue weighted by atomic mass is 10.1. The molecule has 1 aliphatic heterocycles. The number of rotatable bonds is 4. The van der Waals surface area contributed by atoms with Crippen LogP contribution in [-0.4, -0.2) is 62.1 Å². The smallest absolute Gasteiger partial charge is 0.417 e. The number of anilines is 1. The van der Waals surface area contributed by atoms with Crippen molar-refractivity contribution in [1.29, 1.82) is 0 Å². The minimum Gasteiger partial charge on any atom is -0.465 e. The van der Waals surface area contributed by atoms with Crippen LogP contribution in [0.5, 0.6) is 0 Å². The standard InChI is InChI=1S/C22H23ClF3N3O3/c1-27-9-11-28(12-10-27)21(31)29(14-15-3-5-16(6-4-15)20(30)32-2)17-7-8-19(23)18(13-17)22(24,25)26/h3-8,13H,9-12,14H2,1-2H3. The summed E-state index contributed by atoms with van der Waals surface area (Å²) < 4.78 is 44.9. The van der Waals surface area contributed by atoms with Crippen molar-refractivity contribution in [3.8, 4) is 0 Å². The van der Waals surface area contributed by atoms with Crippen LogP contribution in [0.1, 0.15) is 21.5 Å². The molecule has 172 valence electrons. The molecule has 32 heavy (non-hydrogen) atoms. The van der Waals surface area contributed by atoms with Crippen molar-refractivity contribution < 1.29 is 27.5 Å². The maximum absolute atomic E-state index is 13.4. The Morgan fingerprint density at radius 2 is 1.69 bits per heavy atom. The molecular formula is C22H23ClF3N3O3. The number of piperazine rings is 1. The highest BCUT2D eigenvalue weighted by molar-refractivity contribution is 6.31. The van der Waals surface area contributed by atoms with E-state index in [0.29, 0.717) is 37.3 Å². The van der Waals surface area contributed by atoms with Crippen LogP contribution in [0.15, 0.2) is 42.5 Å². The van der Waals surface area contributed by atoms with Crippen molar-refractivity contribution in [3.05, 3.63) is 64.2 Å². The summed E-state index contributed by atoms with van der Waals surface area (Å²) in [6.07, 6.45) is -4.65. The summed E-state index contributed by atoms with van der Waals surface area (Å²) in [7, 11) is 3.21. The van der Waals surface area contributed by atoms with Crippen molar-refractivity contribution in [3.63, 3.8) is 0 Å². The number of benzene rings is 2. The second-order valence-electron chi connectivity index (χ2n) is 7.51. The Balaban J connectivity index is 1.95. The number of nitrogens with zero attached hydrogens (tertiary/aromatic N) is 3. The largest absolute Gasteiger partial charge is 0.465 e. The van der Waals surface area contributed by atoms with E-state index in [0.717, 1.165) is 12.1 Å². The Kier molecular flexibility index (Phi) is 7.30. The van der Waals surface area contributed by atoms with Gasteiger partial charge in [-0.3, -0.25) is 4.90 Å². The molecule has 1 fully saturated rings. The van der Waals surface area contributed by atoms with E-state index in [1.54, 1.807) is 29.2 Å². The van der Waals surface area contributed by atoms with Gasteiger partial charge in [-0.25, -0.2) is 9.59 Å². The van der Waals surface area contributed by atoms with Gasteiger partial charge in [0.1, 0.15) is 0 Å². The number of esters is 1. The van der Waals surface area contributed by atoms with E-state index in [1.165, 1.54) is 18.1 Å². The third-order valence-corrected chi connectivity index (χ3v) is 5.62. The van der Waals surface area contributed by atoms with Crippen LogP contribution in [0.25, 0.3) is 0 Å². The molecule has 0 unspecified atom stereocenters. The van der Waals surface area contributed by atoms with Crippen molar-refractivity contribution in [2.24, 2.45) is 0 Å². The second kappa shape index (κ2) is 9.79. The molecule has 10 heteroatoms. The van der Waals surface area contributed by atoms with E-state index < -0.39 is 28.8 Å². The van der Waals surface area contributed by atoms with Crippen LogP contribution >= 0.6 is 11.6 Å². The molecule has 1 aliphatic rings. The predicted octanol–water partition coefficient (Wildman–Crippen LogP) is 4.52. The highest BCUT2D eigenvalue weighted by atomic mass is 35.5. The van der Waals surface area contributed by atoms with Gasteiger partial charge in [-0.05, 0) is 42.9 Å². The number of likely N-dealkylation sites (N-methyl/N-ethyl adjacent to an activating group) is 1. The van der Waals surface area contributed by atoms with Gasteiger partial charge in [-0.15, -0.1) is 0 Å². The van der Waals surface area contributed by atoms with Crippen molar-refractivity contribution >= 4 is 29.3 Å². The molecule has 1 heterocycles. The highest BCUT2D eigenvalue weighted by Crippen LogP contribution is 2.37. The molecule has 0 N–H and O–H groups in total. The number of amides is 2. The molecule has 0 aliphatic carbocycles. The zero-order valence-electron chi connectivity index (χ0n) is 17.7. The van der Waals surface area contributed by atoms with E-state index >= 15 is 0 Å². The molecule has 6 nitrogen and oxygen atoms in total. The molecule has 0 aromatic heterocycles. The fraction of sp³-hybridized carbons (Fsp3) is 0.364. The second-order valence-corrected chi connectivity index (χ2v) is 7.92. The number of ether oxygens (including phenoxy) is 1. The maximum atomic E-state index is 13.4. The fourth-order valence-corrected chi connectivity index (χ4v) is 3.61. The molecule has 0 atom stereocenters. The van der Waals surface area contributed by atoms with Crippen LogP contribution in [0.2, 0.25) is 5.02 Å². The molecule has 2 aromatic rings. The Bertz CT molecular complexity index is 975. The lowest BCUT2D eigenvalue weighted by Gasteiger charge is -2.36. The first-order valence-electron chi connectivity index (χ1n) is 9.89. The number of urea groups is 1. The molecular weight excluding hydrogens is 447 g/mol. The Hall–Kier alpha value is -2.78. The summed E-state index contributed by atoms with van der Waals surface area (Å²) >= 11 is 5.77. The van der Waals surface area contributed by atoms with Gasteiger partial charge in [0.2, 0.25) is 0 Å². The molecule has 3 rings (SSSR count). The van der Waals surface area contributed by atoms with Gasteiger partial charge >= 0.3 is 18.2 Å². The number of hydrogen-bond acceptors (Lipinski definition) is 4. The van der Waals surface area contributed by atoms with Gasteiger partial charge in [0, 0.05) is 31.9 Å². The lowest BCUT2D eigenvalue weighted by Crippen LogP contribution is -2.52. The zero-order valence-corrected chi connectivity index (χ0v) is 18.4. The van der Waals surface area contributed by atoms with Gasteiger partial charge in [-0.1, -0.05) is 23.7 Å². The summed E-state index contributed by atoms with van der Waals surface area (Å²) in [5.41, 5.74) is 0.0549. The molecule has 0 bridgehead atoms. The van der Waals surface area contributed by atoms with Crippen molar-refractivity contribution in [2.45, 2.75) is 12.7 Å². The lowest BCUT2D eigenvalue weighted by molar-refractivity contribution is -0.137. The van der Waals surface area contributed by atoms with Crippen LogP contribution in [0.3, 0.4) is 0 Å². The van der Waals surface area contributed by atoms with Crippen molar-refractivity contribution in [2.75, 3.05) is 45.2 Å². The first-order chi connectivity index (χ1) is 15.1. The van der Waals surface area contributed by atoms with Gasteiger partial charge < -0.3 is 14.5 Å². The number of alkyl halides is 3. The quantitative estimate of drug-likeness (QED) is 0.618. The molecule has 0 saturated carbocycles. The SMILES string of the molecule is COC(=O)c1ccc(CN(C(=O)N2CCN(C)CC2)c2ccc(Cl)c(C(F)(F)F)c2)cc1.